The van der Waals surface area contributed by atoms with Crippen LogP contribution in [0.2, 0.25) is 0 Å². The van der Waals surface area contributed by atoms with E-state index in [1.165, 1.54) is 17.0 Å². The minimum absolute atomic E-state index is 0.139. The number of nitrogens with one attached hydrogen (secondary N) is 1. The largest absolute Gasteiger partial charge is 0.479 e. The minimum Gasteiger partial charge on any atom is -0.479 e. The third kappa shape index (κ3) is 3.41. The molecule has 1 aliphatic heterocycles. The van der Waals surface area contributed by atoms with Crippen molar-refractivity contribution in [2.24, 2.45) is 0 Å². The van der Waals surface area contributed by atoms with Crippen molar-refractivity contribution in [2.45, 2.75) is 44.1 Å². The monoisotopic (exact) mass is 326 g/mol. The molecule has 1 amide bonds. The van der Waals surface area contributed by atoms with E-state index in [1.807, 2.05) is 0 Å². The minimum atomic E-state index is -3.57. The Hall–Kier alpha value is -1.60. The van der Waals surface area contributed by atoms with E-state index in [0.29, 0.717) is 18.0 Å². The average molecular weight is 326 g/mol. The van der Waals surface area contributed by atoms with Crippen LogP contribution in [-0.4, -0.2) is 34.0 Å². The third-order valence-corrected chi connectivity index (χ3v) is 5.12. The standard InChI is InChI=1S/C15H22N2O4S/c1-4-5-6-9-16-22(19,20)12-7-8-14-13(10-12)17(3)15(18)11(2)21-14/h7-8,10-11,16H,4-6,9H2,1-3H3. The fourth-order valence-electron chi connectivity index (χ4n) is 2.32. The van der Waals surface area contributed by atoms with Gasteiger partial charge in [-0.05, 0) is 31.5 Å². The van der Waals surface area contributed by atoms with E-state index in [4.69, 9.17) is 4.74 Å². The number of likely N-dealkylation sites (N-methyl/N-ethyl adjacent to an activating group) is 1. The zero-order valence-electron chi connectivity index (χ0n) is 13.1. The number of hydrogen-bond donors (Lipinski definition) is 1. The van der Waals surface area contributed by atoms with Crippen molar-refractivity contribution in [1.29, 1.82) is 0 Å². The van der Waals surface area contributed by atoms with Gasteiger partial charge in [0.25, 0.3) is 5.91 Å². The first-order valence-electron chi connectivity index (χ1n) is 7.44. The molecule has 0 saturated carbocycles. The number of benzene rings is 1. The van der Waals surface area contributed by atoms with Crippen LogP contribution < -0.4 is 14.4 Å². The molecule has 1 N–H and O–H groups in total. The van der Waals surface area contributed by atoms with Crippen molar-refractivity contribution in [1.82, 2.24) is 4.72 Å². The fourth-order valence-corrected chi connectivity index (χ4v) is 3.42. The Morgan fingerprint density at radius 2 is 2.05 bits per heavy atom. The molecule has 1 aromatic rings. The molecule has 0 aromatic heterocycles. The maximum Gasteiger partial charge on any atom is 0.267 e. The maximum atomic E-state index is 12.3. The number of anilines is 1. The van der Waals surface area contributed by atoms with Gasteiger partial charge in [-0.15, -0.1) is 0 Å². The predicted octanol–water partition coefficient (Wildman–Crippen LogP) is 1.90. The van der Waals surface area contributed by atoms with E-state index in [1.54, 1.807) is 20.0 Å². The Morgan fingerprint density at radius 1 is 1.32 bits per heavy atom. The summed E-state index contributed by atoms with van der Waals surface area (Å²) in [6.07, 6.45) is 2.25. The van der Waals surface area contributed by atoms with Crippen LogP contribution in [0.5, 0.6) is 5.75 Å². The van der Waals surface area contributed by atoms with E-state index in [2.05, 4.69) is 11.6 Å². The van der Waals surface area contributed by atoms with E-state index in [-0.39, 0.29) is 10.8 Å². The Balaban J connectivity index is 2.22. The highest BCUT2D eigenvalue weighted by atomic mass is 32.2. The number of unbranched alkanes of at least 4 members (excludes halogenated alkanes) is 2. The summed E-state index contributed by atoms with van der Waals surface area (Å²) in [6, 6.07) is 4.56. The maximum absolute atomic E-state index is 12.3. The zero-order valence-corrected chi connectivity index (χ0v) is 13.9. The molecule has 1 unspecified atom stereocenters. The normalized spacial score (nSPS) is 18.0. The van der Waals surface area contributed by atoms with Gasteiger partial charge in [-0.3, -0.25) is 4.79 Å². The van der Waals surface area contributed by atoms with E-state index in [0.717, 1.165) is 19.3 Å². The van der Waals surface area contributed by atoms with Crippen LogP contribution in [0.3, 0.4) is 0 Å². The van der Waals surface area contributed by atoms with Crippen molar-refractivity contribution in [2.75, 3.05) is 18.5 Å². The van der Waals surface area contributed by atoms with Crippen LogP contribution in [0.4, 0.5) is 5.69 Å². The molecular weight excluding hydrogens is 304 g/mol. The van der Waals surface area contributed by atoms with E-state index >= 15 is 0 Å². The van der Waals surface area contributed by atoms with Crippen molar-refractivity contribution in [3.05, 3.63) is 18.2 Å². The summed E-state index contributed by atoms with van der Waals surface area (Å²) in [6.45, 7) is 4.14. The molecule has 0 bridgehead atoms. The highest BCUT2D eigenvalue weighted by Crippen LogP contribution is 2.34. The number of sulfonamides is 1. The predicted molar refractivity (Wildman–Crippen MR) is 84.7 cm³/mol. The smallest absolute Gasteiger partial charge is 0.267 e. The number of amides is 1. The Morgan fingerprint density at radius 3 is 2.73 bits per heavy atom. The van der Waals surface area contributed by atoms with Crippen LogP contribution in [0, 0.1) is 0 Å². The lowest BCUT2D eigenvalue weighted by molar-refractivity contribution is -0.125. The summed E-state index contributed by atoms with van der Waals surface area (Å²) < 4.78 is 32.6. The third-order valence-electron chi connectivity index (χ3n) is 3.66. The van der Waals surface area contributed by atoms with Gasteiger partial charge in [-0.25, -0.2) is 13.1 Å². The van der Waals surface area contributed by atoms with Crippen LogP contribution in [0.15, 0.2) is 23.1 Å². The second-order valence-corrected chi connectivity index (χ2v) is 7.16. The number of carbonyl (C=O) groups is 1. The van der Waals surface area contributed by atoms with Gasteiger partial charge in [0.05, 0.1) is 10.6 Å². The van der Waals surface area contributed by atoms with Gasteiger partial charge in [-0.1, -0.05) is 19.8 Å². The van der Waals surface area contributed by atoms with Crippen LogP contribution in [0.25, 0.3) is 0 Å². The summed E-state index contributed by atoms with van der Waals surface area (Å²) >= 11 is 0. The molecule has 22 heavy (non-hydrogen) atoms. The number of nitrogens with zero attached hydrogens (tertiary/aromatic N) is 1. The van der Waals surface area contributed by atoms with E-state index < -0.39 is 16.1 Å². The van der Waals surface area contributed by atoms with Crippen molar-refractivity contribution < 1.29 is 17.9 Å². The van der Waals surface area contributed by atoms with Crippen molar-refractivity contribution >= 4 is 21.6 Å². The first-order chi connectivity index (χ1) is 10.4. The molecule has 1 aliphatic rings. The van der Waals surface area contributed by atoms with Crippen molar-refractivity contribution in [3.63, 3.8) is 0 Å². The lowest BCUT2D eigenvalue weighted by atomic mass is 10.2. The van der Waals surface area contributed by atoms with Crippen molar-refractivity contribution in [3.8, 4) is 5.75 Å². The summed E-state index contributed by atoms with van der Waals surface area (Å²) in [5.41, 5.74) is 0.472. The Kier molecular flexibility index (Phi) is 5.08. The van der Waals surface area contributed by atoms with Gasteiger partial charge in [0.2, 0.25) is 10.0 Å². The van der Waals surface area contributed by atoms with Gasteiger partial charge in [0.15, 0.2) is 6.10 Å². The highest BCUT2D eigenvalue weighted by Gasteiger charge is 2.30. The zero-order chi connectivity index (χ0) is 16.3. The highest BCUT2D eigenvalue weighted by molar-refractivity contribution is 7.89. The second-order valence-electron chi connectivity index (χ2n) is 5.39. The Labute approximate surface area is 131 Å². The molecule has 1 atom stereocenters. The molecule has 2 rings (SSSR count). The van der Waals surface area contributed by atoms with Crippen LogP contribution in [-0.2, 0) is 14.8 Å². The molecule has 0 fully saturated rings. The summed E-state index contributed by atoms with van der Waals surface area (Å²) in [5, 5.41) is 0. The number of fused-ring (bicyclic) bond motifs is 1. The lowest BCUT2D eigenvalue weighted by Crippen LogP contribution is -2.42. The number of carbonyl (C=O) groups excluding carboxylic acids is 1. The summed E-state index contributed by atoms with van der Waals surface area (Å²) in [5.74, 6) is 0.317. The van der Waals surface area contributed by atoms with Crippen LogP contribution >= 0.6 is 0 Å². The number of rotatable bonds is 6. The molecule has 0 radical (unpaired) electrons. The SMILES string of the molecule is CCCCCNS(=O)(=O)c1ccc2c(c1)N(C)C(=O)C(C)O2. The van der Waals surface area contributed by atoms with Gasteiger partial charge >= 0.3 is 0 Å². The second kappa shape index (κ2) is 6.66. The molecule has 6 nitrogen and oxygen atoms in total. The van der Waals surface area contributed by atoms with Gasteiger partial charge < -0.3 is 9.64 Å². The molecule has 122 valence electrons. The molecule has 0 saturated heterocycles. The van der Waals surface area contributed by atoms with Gasteiger partial charge in [-0.2, -0.15) is 0 Å². The number of ether oxygens (including phenoxy) is 1. The quantitative estimate of drug-likeness (QED) is 0.810. The molecule has 0 aliphatic carbocycles. The molecular formula is C15H22N2O4S. The molecule has 1 aromatic carbocycles. The molecule has 7 heteroatoms. The van der Waals surface area contributed by atoms with Crippen LogP contribution in [0.1, 0.15) is 33.1 Å². The molecule has 1 heterocycles. The molecule has 0 spiro atoms. The lowest BCUT2D eigenvalue weighted by Gasteiger charge is -2.30. The first kappa shape index (κ1) is 16.8. The summed E-state index contributed by atoms with van der Waals surface area (Å²) in [4.78, 5) is 13.5. The van der Waals surface area contributed by atoms with E-state index in [9.17, 15) is 13.2 Å². The topological polar surface area (TPSA) is 75.7 Å². The van der Waals surface area contributed by atoms with Gasteiger partial charge in [0.1, 0.15) is 5.75 Å². The first-order valence-corrected chi connectivity index (χ1v) is 8.93. The van der Waals surface area contributed by atoms with Gasteiger partial charge in [0, 0.05) is 13.6 Å². The Bertz CT molecular complexity index is 658. The summed E-state index contributed by atoms with van der Waals surface area (Å²) in [7, 11) is -1.96. The average Bonchev–Trinajstić information content (AvgIpc) is 2.49. The number of hydrogen-bond acceptors (Lipinski definition) is 4. The fraction of sp³-hybridized carbons (Fsp3) is 0.533.